The van der Waals surface area contributed by atoms with E-state index in [0.717, 1.165) is 37.9 Å². The first-order valence-electron chi connectivity index (χ1n) is 6.97. The molecule has 2 rings (SSSR count). The minimum absolute atomic E-state index is 0.0533. The molecule has 4 N–H and O–H groups in total. The average Bonchev–Trinajstić information content (AvgIpc) is 2.45. The summed E-state index contributed by atoms with van der Waals surface area (Å²) >= 11 is 0. The van der Waals surface area contributed by atoms with Crippen LogP contribution in [0.4, 0.5) is 14.5 Å². The number of nitrogens with one attached hydrogen (secondary N) is 2. The lowest BCUT2D eigenvalue weighted by atomic mass is 10.0. The van der Waals surface area contributed by atoms with Crippen LogP contribution in [0.15, 0.2) is 12.1 Å². The van der Waals surface area contributed by atoms with Gasteiger partial charge in [-0.15, -0.1) is 0 Å². The number of piperidine rings is 1. The van der Waals surface area contributed by atoms with E-state index in [0.29, 0.717) is 6.54 Å². The Kier molecular flexibility index (Phi) is 5.08. The van der Waals surface area contributed by atoms with Crippen molar-refractivity contribution in [1.82, 2.24) is 10.2 Å². The average molecular weight is 298 g/mol. The monoisotopic (exact) mass is 298 g/mol. The van der Waals surface area contributed by atoms with Crippen molar-refractivity contribution in [3.63, 3.8) is 0 Å². The van der Waals surface area contributed by atoms with E-state index in [9.17, 15) is 13.6 Å². The highest BCUT2D eigenvalue weighted by atomic mass is 19.1. The van der Waals surface area contributed by atoms with Crippen molar-refractivity contribution in [2.24, 2.45) is 5.84 Å². The molecule has 0 radical (unpaired) electrons. The van der Waals surface area contributed by atoms with Crippen LogP contribution in [0.5, 0.6) is 0 Å². The number of benzene rings is 1. The number of rotatable bonds is 4. The molecule has 1 aromatic rings. The Morgan fingerprint density at radius 2 is 2.05 bits per heavy atom. The van der Waals surface area contributed by atoms with Gasteiger partial charge in [-0.3, -0.25) is 10.6 Å². The van der Waals surface area contributed by atoms with Crippen molar-refractivity contribution in [2.75, 3.05) is 25.6 Å². The van der Waals surface area contributed by atoms with E-state index in [-0.39, 0.29) is 11.6 Å². The van der Waals surface area contributed by atoms with Crippen LogP contribution in [-0.2, 0) is 0 Å². The molecule has 21 heavy (non-hydrogen) atoms. The second-order valence-corrected chi connectivity index (χ2v) is 5.30. The van der Waals surface area contributed by atoms with Gasteiger partial charge < -0.3 is 15.6 Å². The van der Waals surface area contributed by atoms with E-state index in [1.54, 1.807) is 0 Å². The topological polar surface area (TPSA) is 70.4 Å². The maximum Gasteiger partial charge on any atom is 0.251 e. The second-order valence-electron chi connectivity index (χ2n) is 5.30. The van der Waals surface area contributed by atoms with Crippen molar-refractivity contribution >= 4 is 11.6 Å². The van der Waals surface area contributed by atoms with Gasteiger partial charge in [-0.2, -0.15) is 0 Å². The third-order valence-electron chi connectivity index (χ3n) is 3.87. The zero-order chi connectivity index (χ0) is 15.4. The number of halogens is 2. The largest absolute Gasteiger partial charge is 0.350 e. The molecule has 1 aliphatic rings. The number of carbonyl (C=O) groups excluding carboxylic acids is 1. The number of likely N-dealkylation sites (tertiary alicyclic amines) is 1. The summed E-state index contributed by atoms with van der Waals surface area (Å²) in [6.07, 6.45) is 3.30. The maximum absolute atomic E-state index is 13.6. The number of nitrogens with two attached hydrogens (primary N) is 1. The number of hydrogen-bond donors (Lipinski definition) is 3. The minimum Gasteiger partial charge on any atom is -0.350 e. The van der Waals surface area contributed by atoms with E-state index in [1.807, 2.05) is 12.5 Å². The Hall–Kier alpha value is -1.73. The predicted molar refractivity (Wildman–Crippen MR) is 76.8 cm³/mol. The Bertz CT molecular complexity index is 501. The van der Waals surface area contributed by atoms with Gasteiger partial charge in [-0.05, 0) is 38.6 Å². The molecule has 1 atom stereocenters. The van der Waals surface area contributed by atoms with E-state index in [1.165, 1.54) is 0 Å². The van der Waals surface area contributed by atoms with Gasteiger partial charge in [0.2, 0.25) is 0 Å². The molecule has 0 bridgehead atoms. The molecular formula is C14H20F2N4O. The lowest BCUT2D eigenvalue weighted by molar-refractivity contribution is 0.0927. The van der Waals surface area contributed by atoms with Crippen LogP contribution in [0.3, 0.4) is 0 Å². The van der Waals surface area contributed by atoms with Gasteiger partial charge in [0, 0.05) is 18.2 Å². The van der Waals surface area contributed by atoms with Crippen molar-refractivity contribution in [3.8, 4) is 0 Å². The predicted octanol–water partition coefficient (Wildman–Crippen LogP) is 1.46. The molecule has 7 heteroatoms. The van der Waals surface area contributed by atoms with E-state index in [4.69, 9.17) is 5.84 Å². The SMILES string of the molecule is CN1CCCCC1CNC(=O)c1cc(F)c(NN)c(F)c1. The number of likely N-dealkylation sites (N-methyl/N-ethyl adjacent to an activating group) is 1. The molecule has 0 aromatic heterocycles. The number of nitrogens with zero attached hydrogens (tertiary/aromatic N) is 1. The van der Waals surface area contributed by atoms with Crippen LogP contribution in [-0.4, -0.2) is 37.0 Å². The first-order chi connectivity index (χ1) is 10.0. The van der Waals surface area contributed by atoms with Gasteiger partial charge in [-0.25, -0.2) is 8.78 Å². The number of anilines is 1. The third-order valence-corrected chi connectivity index (χ3v) is 3.87. The van der Waals surface area contributed by atoms with Crippen LogP contribution >= 0.6 is 0 Å². The van der Waals surface area contributed by atoms with Gasteiger partial charge in [0.05, 0.1) is 0 Å². The minimum atomic E-state index is -0.891. The highest BCUT2D eigenvalue weighted by molar-refractivity contribution is 5.94. The Morgan fingerprint density at radius 3 is 2.62 bits per heavy atom. The summed E-state index contributed by atoms with van der Waals surface area (Å²) in [4.78, 5) is 14.2. The van der Waals surface area contributed by atoms with Crippen molar-refractivity contribution in [1.29, 1.82) is 0 Å². The first-order valence-corrected chi connectivity index (χ1v) is 6.97. The molecule has 1 saturated heterocycles. The molecule has 1 aliphatic heterocycles. The summed E-state index contributed by atoms with van der Waals surface area (Å²) in [6.45, 7) is 1.47. The molecule has 0 spiro atoms. The first kappa shape index (κ1) is 15.7. The summed E-state index contributed by atoms with van der Waals surface area (Å²) in [6, 6.07) is 2.21. The Balaban J connectivity index is 2.00. The zero-order valence-corrected chi connectivity index (χ0v) is 12.0. The van der Waals surface area contributed by atoms with Gasteiger partial charge >= 0.3 is 0 Å². The van der Waals surface area contributed by atoms with E-state index < -0.39 is 23.2 Å². The van der Waals surface area contributed by atoms with Gasteiger partial charge in [0.25, 0.3) is 5.91 Å². The van der Waals surface area contributed by atoms with E-state index in [2.05, 4.69) is 10.2 Å². The molecule has 1 fully saturated rings. The van der Waals surface area contributed by atoms with Crippen molar-refractivity contribution in [2.45, 2.75) is 25.3 Å². The lowest BCUT2D eigenvalue weighted by Gasteiger charge is -2.32. The highest BCUT2D eigenvalue weighted by Gasteiger charge is 2.20. The summed E-state index contributed by atoms with van der Waals surface area (Å²) in [5.74, 6) is 2.74. The normalized spacial score (nSPS) is 19.3. The van der Waals surface area contributed by atoms with Gasteiger partial charge in [0.15, 0.2) is 11.6 Å². The number of nitrogen functional groups attached to an aromatic ring is 1. The molecule has 1 amide bonds. The molecule has 1 unspecified atom stereocenters. The van der Waals surface area contributed by atoms with Crippen molar-refractivity contribution in [3.05, 3.63) is 29.3 Å². The fourth-order valence-electron chi connectivity index (χ4n) is 2.56. The molecule has 1 aromatic carbocycles. The van der Waals surface area contributed by atoms with Crippen LogP contribution < -0.4 is 16.6 Å². The van der Waals surface area contributed by atoms with Crippen molar-refractivity contribution < 1.29 is 13.6 Å². The molecule has 1 heterocycles. The second kappa shape index (κ2) is 6.82. The Labute approximate surface area is 122 Å². The van der Waals surface area contributed by atoms with Crippen LogP contribution in [0.2, 0.25) is 0 Å². The van der Waals surface area contributed by atoms with Crippen LogP contribution in [0.25, 0.3) is 0 Å². The van der Waals surface area contributed by atoms with Gasteiger partial charge in [-0.1, -0.05) is 6.42 Å². The maximum atomic E-state index is 13.6. The Morgan fingerprint density at radius 1 is 1.38 bits per heavy atom. The summed E-state index contributed by atoms with van der Waals surface area (Å²) in [5.41, 5.74) is 1.43. The number of amides is 1. The lowest BCUT2D eigenvalue weighted by Crippen LogP contribution is -2.44. The zero-order valence-electron chi connectivity index (χ0n) is 12.0. The quantitative estimate of drug-likeness (QED) is 0.581. The molecule has 0 saturated carbocycles. The highest BCUT2D eigenvalue weighted by Crippen LogP contribution is 2.20. The van der Waals surface area contributed by atoms with Gasteiger partial charge in [0.1, 0.15) is 5.69 Å². The molecule has 116 valence electrons. The fraction of sp³-hybridized carbons (Fsp3) is 0.500. The number of hydrogen-bond acceptors (Lipinski definition) is 4. The van der Waals surface area contributed by atoms with Crippen LogP contribution in [0.1, 0.15) is 29.6 Å². The fourth-order valence-corrected chi connectivity index (χ4v) is 2.56. The number of hydrazine groups is 1. The van der Waals surface area contributed by atoms with E-state index >= 15 is 0 Å². The standard InChI is InChI=1S/C14H20F2N4O/c1-20-5-3-2-4-10(20)8-18-14(21)9-6-11(15)13(19-17)12(16)7-9/h6-7,10,19H,2-5,8,17H2,1H3,(H,18,21). The summed E-state index contributed by atoms with van der Waals surface area (Å²) in [7, 11) is 2.01. The third kappa shape index (κ3) is 3.68. The smallest absolute Gasteiger partial charge is 0.251 e. The number of carbonyl (C=O) groups is 1. The summed E-state index contributed by atoms with van der Waals surface area (Å²) in [5, 5.41) is 2.73. The summed E-state index contributed by atoms with van der Waals surface area (Å²) < 4.78 is 27.1. The molecule has 5 nitrogen and oxygen atoms in total. The molecular weight excluding hydrogens is 278 g/mol. The molecule has 0 aliphatic carbocycles. The van der Waals surface area contributed by atoms with Crippen LogP contribution in [0, 0.1) is 11.6 Å².